The molecule has 1 aliphatic rings. The molecule has 1 fully saturated rings. The van der Waals surface area contributed by atoms with Crippen molar-refractivity contribution in [1.82, 2.24) is 5.32 Å². The minimum Gasteiger partial charge on any atom is -0.381 e. The van der Waals surface area contributed by atoms with Crippen molar-refractivity contribution in [1.29, 1.82) is 0 Å². The first-order chi connectivity index (χ1) is 8.18. The molecule has 1 heterocycles. The van der Waals surface area contributed by atoms with Crippen molar-refractivity contribution in [3.63, 3.8) is 0 Å². The van der Waals surface area contributed by atoms with E-state index in [9.17, 15) is 4.39 Å². The molecule has 1 saturated heterocycles. The molecular formula is C12H14BrClFNO. The lowest BCUT2D eigenvalue weighted by Crippen LogP contribution is -2.34. The third kappa shape index (κ3) is 3.41. The lowest BCUT2D eigenvalue weighted by molar-refractivity contribution is 0.0775. The zero-order valence-corrected chi connectivity index (χ0v) is 11.7. The Balaban J connectivity index is 1.96. The van der Waals surface area contributed by atoms with E-state index in [-0.39, 0.29) is 10.8 Å². The van der Waals surface area contributed by atoms with E-state index >= 15 is 0 Å². The summed E-state index contributed by atoms with van der Waals surface area (Å²) in [5, 5.41) is 3.48. The lowest BCUT2D eigenvalue weighted by Gasteiger charge is -2.23. The molecule has 0 radical (unpaired) electrons. The normalized spacial score (nSPS) is 17.4. The summed E-state index contributed by atoms with van der Waals surface area (Å²) in [6.07, 6.45) is 1.96. The predicted molar refractivity (Wildman–Crippen MR) is 69.8 cm³/mol. The van der Waals surface area contributed by atoms with Crippen molar-refractivity contribution in [2.45, 2.75) is 25.4 Å². The van der Waals surface area contributed by atoms with Gasteiger partial charge >= 0.3 is 0 Å². The van der Waals surface area contributed by atoms with E-state index in [1.807, 2.05) is 0 Å². The smallest absolute Gasteiger partial charge is 0.147 e. The number of nitrogens with one attached hydrogen (secondary N) is 1. The maximum atomic E-state index is 13.8. The molecule has 0 spiro atoms. The van der Waals surface area contributed by atoms with Crippen molar-refractivity contribution < 1.29 is 9.13 Å². The first-order valence-electron chi connectivity index (χ1n) is 5.62. The van der Waals surface area contributed by atoms with Gasteiger partial charge in [0.15, 0.2) is 0 Å². The van der Waals surface area contributed by atoms with Gasteiger partial charge in [-0.1, -0.05) is 17.7 Å². The lowest BCUT2D eigenvalue weighted by atomic mass is 10.1. The summed E-state index contributed by atoms with van der Waals surface area (Å²) in [6.45, 7) is 2.06. The highest BCUT2D eigenvalue weighted by Crippen LogP contribution is 2.27. The van der Waals surface area contributed by atoms with Gasteiger partial charge in [-0.2, -0.15) is 0 Å². The standard InChI is InChI=1S/C12H14BrClFNO/c13-10-2-1-8(12(15)11(10)14)7-16-9-3-5-17-6-4-9/h1-2,9,16H,3-7H2. The van der Waals surface area contributed by atoms with E-state index in [1.54, 1.807) is 12.1 Å². The maximum absolute atomic E-state index is 13.8. The number of halogens is 3. The van der Waals surface area contributed by atoms with Crippen LogP contribution in [0.25, 0.3) is 0 Å². The molecule has 0 unspecified atom stereocenters. The summed E-state index contributed by atoms with van der Waals surface area (Å²) in [5.41, 5.74) is 0.602. The van der Waals surface area contributed by atoms with E-state index in [1.165, 1.54) is 0 Å². The molecule has 17 heavy (non-hydrogen) atoms. The highest BCUT2D eigenvalue weighted by atomic mass is 79.9. The van der Waals surface area contributed by atoms with Crippen LogP contribution < -0.4 is 5.32 Å². The quantitative estimate of drug-likeness (QED) is 0.860. The zero-order chi connectivity index (χ0) is 12.3. The SMILES string of the molecule is Fc1c(CNC2CCOCC2)ccc(Br)c1Cl. The van der Waals surface area contributed by atoms with Crippen molar-refractivity contribution >= 4 is 27.5 Å². The van der Waals surface area contributed by atoms with Crippen LogP contribution in [0.3, 0.4) is 0 Å². The van der Waals surface area contributed by atoms with Gasteiger partial charge in [0.1, 0.15) is 5.82 Å². The van der Waals surface area contributed by atoms with Crippen molar-refractivity contribution in [3.8, 4) is 0 Å². The first kappa shape index (κ1) is 13.3. The Morgan fingerprint density at radius 1 is 1.41 bits per heavy atom. The second-order valence-corrected chi connectivity index (χ2v) is 5.33. The van der Waals surface area contributed by atoms with Crippen LogP contribution in [-0.2, 0) is 11.3 Å². The summed E-state index contributed by atoms with van der Waals surface area (Å²) >= 11 is 9.03. The molecule has 0 amide bonds. The average Bonchev–Trinajstić information content (AvgIpc) is 2.36. The summed E-state index contributed by atoms with van der Waals surface area (Å²) in [5.74, 6) is -0.347. The third-order valence-corrected chi connectivity index (χ3v) is 4.18. The predicted octanol–water partition coefficient (Wildman–Crippen LogP) is 3.51. The van der Waals surface area contributed by atoms with Gasteiger partial charge in [0.2, 0.25) is 0 Å². The first-order valence-corrected chi connectivity index (χ1v) is 6.79. The molecule has 0 aliphatic carbocycles. The van der Waals surface area contributed by atoms with Gasteiger partial charge in [0.05, 0.1) is 5.02 Å². The number of ether oxygens (including phenoxy) is 1. The number of benzene rings is 1. The molecule has 0 saturated carbocycles. The summed E-state index contributed by atoms with van der Waals surface area (Å²) < 4.78 is 19.6. The van der Waals surface area contributed by atoms with Crippen LogP contribution in [-0.4, -0.2) is 19.3 Å². The van der Waals surface area contributed by atoms with Crippen LogP contribution in [0, 0.1) is 5.82 Å². The second kappa shape index (κ2) is 6.14. The van der Waals surface area contributed by atoms with Gasteiger partial charge in [-0.3, -0.25) is 0 Å². The summed E-state index contributed by atoms with van der Waals surface area (Å²) in [6, 6.07) is 3.93. The van der Waals surface area contributed by atoms with Gasteiger partial charge in [-0.15, -0.1) is 0 Å². The van der Waals surface area contributed by atoms with E-state index in [4.69, 9.17) is 16.3 Å². The molecule has 1 aliphatic heterocycles. The monoisotopic (exact) mass is 321 g/mol. The largest absolute Gasteiger partial charge is 0.381 e. The van der Waals surface area contributed by atoms with Crippen molar-refractivity contribution in [3.05, 3.63) is 33.0 Å². The number of rotatable bonds is 3. The Hall–Kier alpha value is -0.160. The molecular weight excluding hydrogens is 308 g/mol. The Kier molecular flexibility index (Phi) is 4.79. The average molecular weight is 323 g/mol. The molecule has 94 valence electrons. The van der Waals surface area contributed by atoms with Crippen LogP contribution in [0.1, 0.15) is 18.4 Å². The topological polar surface area (TPSA) is 21.3 Å². The Labute approximate surface area is 114 Å². The van der Waals surface area contributed by atoms with Gasteiger partial charge in [-0.25, -0.2) is 4.39 Å². The van der Waals surface area contributed by atoms with Gasteiger partial charge in [0, 0.05) is 35.8 Å². The minimum absolute atomic E-state index is 0.149. The Morgan fingerprint density at radius 3 is 2.82 bits per heavy atom. The van der Waals surface area contributed by atoms with E-state index in [0.717, 1.165) is 26.1 Å². The van der Waals surface area contributed by atoms with E-state index < -0.39 is 0 Å². The van der Waals surface area contributed by atoms with Crippen LogP contribution in [0.2, 0.25) is 5.02 Å². The molecule has 1 aromatic rings. The Bertz CT molecular complexity index is 396. The highest BCUT2D eigenvalue weighted by molar-refractivity contribution is 9.10. The van der Waals surface area contributed by atoms with Crippen LogP contribution in [0.4, 0.5) is 4.39 Å². The molecule has 1 aromatic carbocycles. The fourth-order valence-electron chi connectivity index (χ4n) is 1.86. The van der Waals surface area contributed by atoms with Crippen molar-refractivity contribution in [2.75, 3.05) is 13.2 Å². The van der Waals surface area contributed by atoms with Crippen LogP contribution in [0.15, 0.2) is 16.6 Å². The van der Waals surface area contributed by atoms with Crippen molar-refractivity contribution in [2.24, 2.45) is 0 Å². The number of hydrogen-bond donors (Lipinski definition) is 1. The fraction of sp³-hybridized carbons (Fsp3) is 0.500. The number of hydrogen-bond acceptors (Lipinski definition) is 2. The molecule has 5 heteroatoms. The molecule has 0 aromatic heterocycles. The second-order valence-electron chi connectivity index (χ2n) is 4.10. The molecule has 2 nitrogen and oxygen atoms in total. The van der Waals surface area contributed by atoms with Gasteiger partial charge < -0.3 is 10.1 Å². The van der Waals surface area contributed by atoms with Gasteiger partial charge in [-0.05, 0) is 34.8 Å². The van der Waals surface area contributed by atoms with E-state index in [0.29, 0.717) is 22.6 Å². The van der Waals surface area contributed by atoms with Crippen LogP contribution in [0.5, 0.6) is 0 Å². The summed E-state index contributed by atoms with van der Waals surface area (Å²) in [7, 11) is 0. The van der Waals surface area contributed by atoms with E-state index in [2.05, 4.69) is 21.2 Å². The maximum Gasteiger partial charge on any atom is 0.147 e. The highest BCUT2D eigenvalue weighted by Gasteiger charge is 2.15. The summed E-state index contributed by atoms with van der Waals surface area (Å²) in [4.78, 5) is 0. The molecule has 0 atom stereocenters. The zero-order valence-electron chi connectivity index (χ0n) is 9.31. The molecule has 2 rings (SSSR count). The fourth-order valence-corrected chi connectivity index (χ4v) is 2.35. The molecule has 0 bridgehead atoms. The molecule has 1 N–H and O–H groups in total. The van der Waals surface area contributed by atoms with Crippen LogP contribution >= 0.6 is 27.5 Å². The Morgan fingerprint density at radius 2 is 2.12 bits per heavy atom. The minimum atomic E-state index is -0.347. The third-order valence-electron chi connectivity index (χ3n) is 2.92. The van der Waals surface area contributed by atoms with Gasteiger partial charge in [0.25, 0.3) is 0 Å².